The quantitative estimate of drug-likeness (QED) is 0.680. The standard InChI is InChI=1S/C15H20O4/c1-14(2)5-9-4-10(13(17)18-3)11-7-19-12(16)6-15(9,11)8-14/h4,9,11H,5-8H2,1-3H3/t9-,11+,15+/m1/s1. The van der Waals surface area contributed by atoms with Gasteiger partial charge < -0.3 is 9.47 Å². The lowest BCUT2D eigenvalue weighted by Gasteiger charge is -2.40. The molecule has 0 bridgehead atoms. The molecular formula is C15H20O4. The summed E-state index contributed by atoms with van der Waals surface area (Å²) in [4.78, 5) is 23.6. The van der Waals surface area contributed by atoms with Crippen LogP contribution in [0, 0.1) is 22.7 Å². The van der Waals surface area contributed by atoms with Gasteiger partial charge >= 0.3 is 11.9 Å². The Morgan fingerprint density at radius 2 is 2.21 bits per heavy atom. The minimum absolute atomic E-state index is 0.0180. The van der Waals surface area contributed by atoms with E-state index in [1.807, 2.05) is 6.08 Å². The van der Waals surface area contributed by atoms with Crippen LogP contribution >= 0.6 is 0 Å². The number of methoxy groups -OCH3 is 1. The van der Waals surface area contributed by atoms with Gasteiger partial charge in [0, 0.05) is 11.5 Å². The van der Waals surface area contributed by atoms with Gasteiger partial charge in [-0.05, 0) is 29.6 Å². The molecule has 1 saturated heterocycles. The van der Waals surface area contributed by atoms with E-state index in [2.05, 4.69) is 13.8 Å². The van der Waals surface area contributed by atoms with Gasteiger partial charge in [0.25, 0.3) is 0 Å². The average Bonchev–Trinajstić information content (AvgIpc) is 2.72. The molecule has 1 aliphatic heterocycles. The van der Waals surface area contributed by atoms with Crippen molar-refractivity contribution in [2.45, 2.75) is 33.1 Å². The van der Waals surface area contributed by atoms with Gasteiger partial charge in [0.15, 0.2) is 0 Å². The molecule has 2 fully saturated rings. The maximum atomic E-state index is 11.9. The highest BCUT2D eigenvalue weighted by molar-refractivity contribution is 5.90. The lowest BCUT2D eigenvalue weighted by molar-refractivity contribution is -0.159. The van der Waals surface area contributed by atoms with E-state index in [-0.39, 0.29) is 28.7 Å². The predicted molar refractivity (Wildman–Crippen MR) is 68.1 cm³/mol. The van der Waals surface area contributed by atoms with E-state index in [9.17, 15) is 9.59 Å². The maximum Gasteiger partial charge on any atom is 0.333 e. The van der Waals surface area contributed by atoms with Crippen LogP contribution in [0.15, 0.2) is 11.6 Å². The van der Waals surface area contributed by atoms with Gasteiger partial charge in [0.1, 0.15) is 0 Å². The van der Waals surface area contributed by atoms with Gasteiger partial charge in [0.2, 0.25) is 0 Å². The molecule has 1 heterocycles. The zero-order valence-electron chi connectivity index (χ0n) is 11.7. The second-order valence-corrected chi connectivity index (χ2v) is 6.91. The highest BCUT2D eigenvalue weighted by Gasteiger charge is 2.61. The third-order valence-corrected chi connectivity index (χ3v) is 5.07. The molecule has 1 saturated carbocycles. The maximum absolute atomic E-state index is 11.9. The zero-order valence-corrected chi connectivity index (χ0v) is 11.7. The summed E-state index contributed by atoms with van der Waals surface area (Å²) in [7, 11) is 1.41. The number of hydrogen-bond acceptors (Lipinski definition) is 4. The molecule has 0 radical (unpaired) electrons. The largest absolute Gasteiger partial charge is 0.466 e. The molecule has 0 unspecified atom stereocenters. The zero-order chi connectivity index (χ0) is 13.8. The fourth-order valence-corrected chi connectivity index (χ4v) is 4.54. The van der Waals surface area contributed by atoms with Crippen molar-refractivity contribution in [3.8, 4) is 0 Å². The van der Waals surface area contributed by atoms with E-state index in [4.69, 9.17) is 9.47 Å². The molecule has 104 valence electrons. The van der Waals surface area contributed by atoms with E-state index in [1.54, 1.807) is 0 Å². The van der Waals surface area contributed by atoms with Crippen molar-refractivity contribution in [1.82, 2.24) is 0 Å². The third-order valence-electron chi connectivity index (χ3n) is 5.07. The fraction of sp³-hybridized carbons (Fsp3) is 0.733. The summed E-state index contributed by atoms with van der Waals surface area (Å²) in [6.45, 7) is 4.80. The van der Waals surface area contributed by atoms with Crippen LogP contribution in [0.1, 0.15) is 33.1 Å². The lowest BCUT2D eigenvalue weighted by Crippen LogP contribution is -2.42. The van der Waals surface area contributed by atoms with Crippen molar-refractivity contribution < 1.29 is 19.1 Å². The third kappa shape index (κ3) is 1.72. The van der Waals surface area contributed by atoms with Crippen LogP contribution in [0.25, 0.3) is 0 Å². The molecule has 0 aromatic carbocycles. The van der Waals surface area contributed by atoms with E-state index >= 15 is 0 Å². The number of esters is 2. The van der Waals surface area contributed by atoms with Crippen LogP contribution in [-0.4, -0.2) is 25.7 Å². The molecule has 1 spiro atoms. The summed E-state index contributed by atoms with van der Waals surface area (Å²) in [6, 6.07) is 0. The molecule has 4 heteroatoms. The van der Waals surface area contributed by atoms with Crippen molar-refractivity contribution in [1.29, 1.82) is 0 Å². The highest BCUT2D eigenvalue weighted by Crippen LogP contribution is 2.65. The summed E-state index contributed by atoms with van der Waals surface area (Å²) < 4.78 is 10.1. The molecule has 2 aliphatic carbocycles. The van der Waals surface area contributed by atoms with Gasteiger partial charge in [-0.25, -0.2) is 4.79 Å². The molecule has 0 N–H and O–H groups in total. The Bertz CT molecular complexity index is 477. The second kappa shape index (κ2) is 3.84. The second-order valence-electron chi connectivity index (χ2n) is 6.91. The molecule has 3 rings (SSSR count). The SMILES string of the molecule is COC(=O)C1=C[C@@H]2CC(C)(C)C[C@@]23CC(=O)OC[C@@H]13. The van der Waals surface area contributed by atoms with Gasteiger partial charge in [-0.2, -0.15) is 0 Å². The Morgan fingerprint density at radius 1 is 1.47 bits per heavy atom. The number of rotatable bonds is 1. The highest BCUT2D eigenvalue weighted by atomic mass is 16.5. The van der Waals surface area contributed by atoms with E-state index < -0.39 is 0 Å². The number of cyclic esters (lactones) is 1. The minimum atomic E-state index is -0.269. The fourth-order valence-electron chi connectivity index (χ4n) is 4.54. The number of carbonyl (C=O) groups excluding carboxylic acids is 2. The Kier molecular flexibility index (Phi) is 2.57. The molecule has 0 amide bonds. The summed E-state index contributed by atoms with van der Waals surface area (Å²) in [6.07, 6.45) is 4.48. The summed E-state index contributed by atoms with van der Waals surface area (Å²) >= 11 is 0. The van der Waals surface area contributed by atoms with E-state index in [1.165, 1.54) is 7.11 Å². The number of carbonyl (C=O) groups is 2. The van der Waals surface area contributed by atoms with Crippen LogP contribution in [0.3, 0.4) is 0 Å². The van der Waals surface area contributed by atoms with Crippen LogP contribution < -0.4 is 0 Å². The molecule has 19 heavy (non-hydrogen) atoms. The molecule has 0 aromatic rings. The first-order valence-electron chi connectivity index (χ1n) is 6.84. The monoisotopic (exact) mass is 264 g/mol. The van der Waals surface area contributed by atoms with Crippen LogP contribution in [-0.2, 0) is 19.1 Å². The van der Waals surface area contributed by atoms with Crippen LogP contribution in [0.2, 0.25) is 0 Å². The molecule has 4 nitrogen and oxygen atoms in total. The number of ether oxygens (including phenoxy) is 2. The summed E-state index contributed by atoms with van der Waals surface area (Å²) in [5, 5.41) is 0. The smallest absolute Gasteiger partial charge is 0.333 e. The Balaban J connectivity index is 2.01. The van der Waals surface area contributed by atoms with E-state index in [0.29, 0.717) is 18.9 Å². The van der Waals surface area contributed by atoms with E-state index in [0.717, 1.165) is 18.4 Å². The normalized spacial score (nSPS) is 39.1. The first-order chi connectivity index (χ1) is 8.88. The van der Waals surface area contributed by atoms with Crippen molar-refractivity contribution in [2.75, 3.05) is 13.7 Å². The molecule has 0 aromatic heterocycles. The topological polar surface area (TPSA) is 52.6 Å². The first-order valence-corrected chi connectivity index (χ1v) is 6.84. The molecular weight excluding hydrogens is 244 g/mol. The Morgan fingerprint density at radius 3 is 2.89 bits per heavy atom. The number of hydrogen-bond donors (Lipinski definition) is 0. The lowest BCUT2D eigenvalue weighted by atomic mass is 9.67. The summed E-state index contributed by atoms with van der Waals surface area (Å²) in [5.41, 5.74) is 0.830. The minimum Gasteiger partial charge on any atom is -0.466 e. The van der Waals surface area contributed by atoms with Crippen molar-refractivity contribution in [3.05, 3.63) is 11.6 Å². The van der Waals surface area contributed by atoms with Crippen molar-refractivity contribution in [3.63, 3.8) is 0 Å². The van der Waals surface area contributed by atoms with Crippen LogP contribution in [0.4, 0.5) is 0 Å². The molecule has 3 aliphatic rings. The predicted octanol–water partition coefficient (Wildman–Crippen LogP) is 2.09. The van der Waals surface area contributed by atoms with Gasteiger partial charge in [-0.15, -0.1) is 0 Å². The van der Waals surface area contributed by atoms with Crippen LogP contribution in [0.5, 0.6) is 0 Å². The first kappa shape index (κ1) is 12.7. The van der Waals surface area contributed by atoms with Gasteiger partial charge in [0.05, 0.1) is 20.1 Å². The molecule has 3 atom stereocenters. The number of allylic oxidation sites excluding steroid dienone is 1. The average molecular weight is 264 g/mol. The Hall–Kier alpha value is -1.32. The van der Waals surface area contributed by atoms with Crippen molar-refractivity contribution >= 4 is 11.9 Å². The summed E-state index contributed by atoms with van der Waals surface area (Å²) in [5.74, 6) is -0.0770. The van der Waals surface area contributed by atoms with Gasteiger partial charge in [-0.1, -0.05) is 19.9 Å². The van der Waals surface area contributed by atoms with Gasteiger partial charge in [-0.3, -0.25) is 4.79 Å². The van der Waals surface area contributed by atoms with Crippen molar-refractivity contribution in [2.24, 2.45) is 22.7 Å². The Labute approximate surface area is 113 Å².